The third kappa shape index (κ3) is 3.00. The molecule has 1 heterocycles. The molecule has 3 N–H and O–H groups in total. The van der Waals surface area contributed by atoms with Gasteiger partial charge in [-0.1, -0.05) is 19.8 Å². The van der Waals surface area contributed by atoms with Crippen molar-refractivity contribution in [1.82, 2.24) is 9.78 Å². The van der Waals surface area contributed by atoms with Crippen molar-refractivity contribution in [3.63, 3.8) is 0 Å². The minimum Gasteiger partial charge on any atom is -0.388 e. The molecule has 0 aromatic carbocycles. The molecule has 108 valence electrons. The molecule has 1 aliphatic carbocycles. The number of nitrogens with zero attached hydrogens (tertiary/aromatic N) is 2. The number of nitrogens with two attached hydrogens (primary N) is 1. The molecule has 0 bridgehead atoms. The predicted molar refractivity (Wildman–Crippen MR) is 76.5 cm³/mol. The third-order valence-electron chi connectivity index (χ3n) is 4.83. The van der Waals surface area contributed by atoms with Crippen molar-refractivity contribution in [3.05, 3.63) is 18.0 Å². The van der Waals surface area contributed by atoms with Crippen molar-refractivity contribution in [2.75, 3.05) is 6.54 Å². The monoisotopic (exact) mass is 265 g/mol. The first-order valence-corrected chi connectivity index (χ1v) is 7.48. The van der Waals surface area contributed by atoms with Crippen molar-refractivity contribution < 1.29 is 5.11 Å². The number of aromatic nitrogens is 2. The van der Waals surface area contributed by atoms with E-state index in [0.29, 0.717) is 6.54 Å². The Labute approximate surface area is 116 Å². The molecule has 1 unspecified atom stereocenters. The van der Waals surface area contributed by atoms with Crippen molar-refractivity contribution in [2.24, 2.45) is 24.1 Å². The lowest BCUT2D eigenvalue weighted by atomic mass is 9.65. The van der Waals surface area contributed by atoms with Gasteiger partial charge in [0.05, 0.1) is 12.3 Å². The van der Waals surface area contributed by atoms with E-state index in [2.05, 4.69) is 12.0 Å². The highest BCUT2D eigenvalue weighted by atomic mass is 16.3. The van der Waals surface area contributed by atoms with Crippen LogP contribution in [0.5, 0.6) is 0 Å². The Hall–Kier alpha value is -0.870. The summed E-state index contributed by atoms with van der Waals surface area (Å²) in [6, 6.07) is 0. The molecule has 0 radical (unpaired) electrons. The molecule has 0 spiro atoms. The smallest absolute Gasteiger partial charge is 0.0888 e. The summed E-state index contributed by atoms with van der Waals surface area (Å²) >= 11 is 0. The van der Waals surface area contributed by atoms with E-state index in [-0.39, 0.29) is 5.41 Å². The van der Waals surface area contributed by atoms with Crippen molar-refractivity contribution >= 4 is 0 Å². The Kier molecular flexibility index (Phi) is 4.63. The summed E-state index contributed by atoms with van der Waals surface area (Å²) in [7, 11) is 1.88. The maximum absolute atomic E-state index is 10.7. The molecule has 1 aromatic rings. The van der Waals surface area contributed by atoms with Gasteiger partial charge >= 0.3 is 0 Å². The van der Waals surface area contributed by atoms with Crippen LogP contribution in [0.15, 0.2) is 12.4 Å². The molecular weight excluding hydrogens is 238 g/mol. The highest BCUT2D eigenvalue weighted by molar-refractivity contribution is 5.13. The maximum Gasteiger partial charge on any atom is 0.0888 e. The minimum absolute atomic E-state index is 0.146. The molecule has 1 fully saturated rings. The predicted octanol–water partition coefficient (Wildman–Crippen LogP) is 2.39. The number of rotatable bonds is 5. The Morgan fingerprint density at radius 2 is 2.21 bits per heavy atom. The summed E-state index contributed by atoms with van der Waals surface area (Å²) in [6.07, 6.45) is 10.2. The molecule has 4 heteroatoms. The summed E-state index contributed by atoms with van der Waals surface area (Å²) in [5.74, 6) is 0.825. The fraction of sp³-hybridized carbons (Fsp3) is 0.800. The Bertz CT molecular complexity index is 394. The molecule has 1 saturated carbocycles. The van der Waals surface area contributed by atoms with Gasteiger partial charge in [0.2, 0.25) is 0 Å². The zero-order chi connectivity index (χ0) is 13.9. The van der Waals surface area contributed by atoms with Crippen molar-refractivity contribution in [1.29, 1.82) is 0 Å². The first-order chi connectivity index (χ1) is 9.11. The Balaban J connectivity index is 2.07. The van der Waals surface area contributed by atoms with Crippen LogP contribution < -0.4 is 5.73 Å². The normalized spacial score (nSPS) is 29.4. The third-order valence-corrected chi connectivity index (χ3v) is 4.83. The van der Waals surface area contributed by atoms with Gasteiger partial charge in [0, 0.05) is 30.8 Å². The van der Waals surface area contributed by atoms with E-state index in [0.717, 1.165) is 24.3 Å². The minimum atomic E-state index is -0.478. The molecule has 1 atom stereocenters. The van der Waals surface area contributed by atoms with Crippen LogP contribution in [0.25, 0.3) is 0 Å². The fourth-order valence-electron chi connectivity index (χ4n) is 3.47. The van der Waals surface area contributed by atoms with Crippen LogP contribution in [0, 0.1) is 11.3 Å². The largest absolute Gasteiger partial charge is 0.388 e. The van der Waals surface area contributed by atoms with Gasteiger partial charge < -0.3 is 10.8 Å². The lowest BCUT2D eigenvalue weighted by Gasteiger charge is -2.42. The number of aliphatic hydroxyl groups excluding tert-OH is 1. The lowest BCUT2D eigenvalue weighted by molar-refractivity contribution is -0.0109. The van der Waals surface area contributed by atoms with Crippen LogP contribution in [-0.2, 0) is 7.05 Å². The van der Waals surface area contributed by atoms with Crippen molar-refractivity contribution in [2.45, 2.75) is 51.6 Å². The molecular formula is C15H27N3O. The van der Waals surface area contributed by atoms with Gasteiger partial charge in [0.15, 0.2) is 0 Å². The Morgan fingerprint density at radius 3 is 2.68 bits per heavy atom. The summed E-state index contributed by atoms with van der Waals surface area (Å²) < 4.78 is 1.74. The second kappa shape index (κ2) is 6.06. The standard InChI is InChI=1S/C15H27N3O/c1-3-4-12-5-7-15(11-16,8-6-12)14(19)13-9-17-18(2)10-13/h9-10,12,14,19H,3-8,11,16H2,1-2H3. The van der Waals surface area contributed by atoms with Gasteiger partial charge in [0.25, 0.3) is 0 Å². The average molecular weight is 265 g/mol. The molecule has 1 aromatic heterocycles. The summed E-state index contributed by atoms with van der Waals surface area (Å²) in [5.41, 5.74) is 6.77. The first kappa shape index (κ1) is 14.5. The summed E-state index contributed by atoms with van der Waals surface area (Å²) in [6.45, 7) is 2.80. The van der Waals surface area contributed by atoms with E-state index in [9.17, 15) is 5.11 Å². The molecule has 0 amide bonds. The van der Waals surface area contributed by atoms with E-state index in [1.807, 2.05) is 13.2 Å². The molecule has 2 rings (SSSR count). The number of hydrogen-bond acceptors (Lipinski definition) is 3. The van der Waals surface area contributed by atoms with Crippen LogP contribution in [0.3, 0.4) is 0 Å². The quantitative estimate of drug-likeness (QED) is 0.859. The number of aliphatic hydroxyl groups is 1. The van der Waals surface area contributed by atoms with Crippen LogP contribution in [-0.4, -0.2) is 21.4 Å². The zero-order valence-corrected chi connectivity index (χ0v) is 12.2. The first-order valence-electron chi connectivity index (χ1n) is 7.48. The van der Waals surface area contributed by atoms with Gasteiger partial charge in [-0.25, -0.2) is 0 Å². The number of aryl methyl sites for hydroxylation is 1. The highest BCUT2D eigenvalue weighted by Gasteiger charge is 2.41. The van der Waals surface area contributed by atoms with E-state index in [1.165, 1.54) is 25.7 Å². The van der Waals surface area contributed by atoms with Gasteiger partial charge in [0.1, 0.15) is 0 Å². The van der Waals surface area contributed by atoms with E-state index in [4.69, 9.17) is 5.73 Å². The van der Waals surface area contributed by atoms with Gasteiger partial charge in [-0.05, 0) is 31.6 Å². The zero-order valence-electron chi connectivity index (χ0n) is 12.2. The second-order valence-electron chi connectivity index (χ2n) is 6.15. The fourth-order valence-corrected chi connectivity index (χ4v) is 3.47. The molecule has 0 aliphatic heterocycles. The Morgan fingerprint density at radius 1 is 1.53 bits per heavy atom. The average Bonchev–Trinajstić information content (AvgIpc) is 2.86. The van der Waals surface area contributed by atoms with Gasteiger partial charge in [-0.15, -0.1) is 0 Å². The lowest BCUT2D eigenvalue weighted by Crippen LogP contribution is -2.40. The summed E-state index contributed by atoms with van der Waals surface area (Å²) in [4.78, 5) is 0. The van der Waals surface area contributed by atoms with Crippen LogP contribution in [0.4, 0.5) is 0 Å². The van der Waals surface area contributed by atoms with Crippen molar-refractivity contribution in [3.8, 4) is 0 Å². The highest BCUT2D eigenvalue weighted by Crippen LogP contribution is 2.47. The maximum atomic E-state index is 10.7. The van der Waals surface area contributed by atoms with E-state index in [1.54, 1.807) is 10.9 Å². The topological polar surface area (TPSA) is 64.1 Å². The van der Waals surface area contributed by atoms with Crippen LogP contribution in [0.1, 0.15) is 57.1 Å². The molecule has 19 heavy (non-hydrogen) atoms. The van der Waals surface area contributed by atoms with E-state index < -0.39 is 6.10 Å². The number of hydrogen-bond donors (Lipinski definition) is 2. The van der Waals surface area contributed by atoms with Gasteiger partial charge in [-0.2, -0.15) is 5.10 Å². The SMILES string of the molecule is CCCC1CCC(CN)(C(O)c2cnn(C)c2)CC1. The summed E-state index contributed by atoms with van der Waals surface area (Å²) in [5, 5.41) is 14.9. The van der Waals surface area contributed by atoms with Crippen LogP contribution >= 0.6 is 0 Å². The molecule has 4 nitrogen and oxygen atoms in total. The molecule has 1 aliphatic rings. The van der Waals surface area contributed by atoms with Crippen LogP contribution in [0.2, 0.25) is 0 Å². The van der Waals surface area contributed by atoms with Gasteiger partial charge in [-0.3, -0.25) is 4.68 Å². The van der Waals surface area contributed by atoms with E-state index >= 15 is 0 Å². The second-order valence-corrected chi connectivity index (χ2v) is 6.15. The molecule has 0 saturated heterocycles.